The second-order valence-corrected chi connectivity index (χ2v) is 24.9. The monoisotopic (exact) mass is 1110 g/mol. The Bertz CT molecular complexity index is 1230. The first-order valence-electron chi connectivity index (χ1n) is 36.2. The molecule has 0 aromatic heterocycles. The highest BCUT2D eigenvalue weighted by atomic mass is 16.6. The molecule has 79 heavy (non-hydrogen) atoms. The fourth-order valence-corrected chi connectivity index (χ4v) is 11.3. The van der Waals surface area contributed by atoms with Gasteiger partial charge in [0.25, 0.3) is 0 Å². The lowest BCUT2D eigenvalue weighted by atomic mass is 10.0. The lowest BCUT2D eigenvalue weighted by molar-refractivity contribution is -0.167. The molecule has 1 atom stereocenters. The van der Waals surface area contributed by atoms with Crippen LogP contribution in [0, 0.1) is 0 Å². The molecule has 0 amide bonds. The Hall–Kier alpha value is -1.85. The Kier molecular flexibility index (Phi) is 67.0. The number of esters is 3. The molecule has 0 radical (unpaired) electrons. The summed E-state index contributed by atoms with van der Waals surface area (Å²) < 4.78 is 16.9. The molecule has 0 N–H and O–H groups in total. The molecular formula is C73H140O6. The predicted molar refractivity (Wildman–Crippen MR) is 344 cm³/mol. The van der Waals surface area contributed by atoms with Crippen LogP contribution in [0.1, 0.15) is 419 Å². The molecular weight excluding hydrogens is 973 g/mol. The molecule has 0 bridgehead atoms. The largest absolute Gasteiger partial charge is 0.462 e. The molecule has 0 rings (SSSR count). The van der Waals surface area contributed by atoms with Crippen molar-refractivity contribution in [3.63, 3.8) is 0 Å². The normalized spacial score (nSPS) is 12.0. The van der Waals surface area contributed by atoms with Gasteiger partial charge in [0, 0.05) is 19.3 Å². The molecule has 0 spiro atoms. The van der Waals surface area contributed by atoms with Crippen molar-refractivity contribution in [1.82, 2.24) is 0 Å². The van der Waals surface area contributed by atoms with E-state index in [0.29, 0.717) is 19.3 Å². The van der Waals surface area contributed by atoms with Crippen LogP contribution in [0.4, 0.5) is 0 Å². The molecule has 0 aliphatic rings. The van der Waals surface area contributed by atoms with Gasteiger partial charge in [0.05, 0.1) is 0 Å². The van der Waals surface area contributed by atoms with Crippen LogP contribution in [0.3, 0.4) is 0 Å². The highest BCUT2D eigenvalue weighted by molar-refractivity contribution is 5.71. The minimum Gasteiger partial charge on any atom is -0.462 e. The Morgan fingerprint density at radius 3 is 0.684 bits per heavy atom. The van der Waals surface area contributed by atoms with Gasteiger partial charge in [0.1, 0.15) is 13.2 Å². The molecule has 468 valence electrons. The average molecular weight is 1110 g/mol. The molecule has 0 aromatic rings. The fourth-order valence-electron chi connectivity index (χ4n) is 11.3. The van der Waals surface area contributed by atoms with E-state index < -0.39 is 6.10 Å². The van der Waals surface area contributed by atoms with Gasteiger partial charge in [0.15, 0.2) is 6.10 Å². The lowest BCUT2D eigenvalue weighted by Gasteiger charge is -2.18. The first kappa shape index (κ1) is 77.2. The number of rotatable bonds is 68. The van der Waals surface area contributed by atoms with Gasteiger partial charge in [0.2, 0.25) is 0 Å². The van der Waals surface area contributed by atoms with Gasteiger partial charge >= 0.3 is 17.9 Å². The molecule has 0 aliphatic heterocycles. The summed E-state index contributed by atoms with van der Waals surface area (Å²) in [6.07, 6.45) is 82.8. The van der Waals surface area contributed by atoms with Crippen LogP contribution in [0.5, 0.6) is 0 Å². The lowest BCUT2D eigenvalue weighted by Crippen LogP contribution is -2.30. The molecule has 0 saturated heterocycles. The van der Waals surface area contributed by atoms with E-state index >= 15 is 0 Å². The van der Waals surface area contributed by atoms with Crippen molar-refractivity contribution >= 4 is 17.9 Å². The van der Waals surface area contributed by atoms with E-state index in [0.717, 1.165) is 70.6 Å². The maximum atomic E-state index is 12.9. The summed E-state index contributed by atoms with van der Waals surface area (Å²) >= 11 is 0. The van der Waals surface area contributed by atoms with E-state index in [4.69, 9.17) is 14.2 Å². The average Bonchev–Trinajstić information content (AvgIpc) is 3.45. The summed E-state index contributed by atoms with van der Waals surface area (Å²) in [5.74, 6) is -0.846. The van der Waals surface area contributed by atoms with Crippen LogP contribution in [-0.2, 0) is 28.6 Å². The smallest absolute Gasteiger partial charge is 0.306 e. The fraction of sp³-hybridized carbons (Fsp3) is 0.932. The van der Waals surface area contributed by atoms with Crippen molar-refractivity contribution in [2.45, 2.75) is 425 Å². The van der Waals surface area contributed by atoms with Gasteiger partial charge in [-0.15, -0.1) is 0 Å². The number of allylic oxidation sites excluding steroid dienone is 2. The van der Waals surface area contributed by atoms with E-state index in [2.05, 4.69) is 32.9 Å². The van der Waals surface area contributed by atoms with Crippen molar-refractivity contribution in [1.29, 1.82) is 0 Å². The third-order valence-electron chi connectivity index (χ3n) is 16.8. The van der Waals surface area contributed by atoms with Crippen LogP contribution >= 0.6 is 0 Å². The number of unbranched alkanes of at least 4 members (excludes halogenated alkanes) is 55. The maximum Gasteiger partial charge on any atom is 0.306 e. The summed E-state index contributed by atoms with van der Waals surface area (Å²) in [6, 6.07) is 0. The summed E-state index contributed by atoms with van der Waals surface area (Å²) in [5.41, 5.74) is 0. The number of hydrogen-bond acceptors (Lipinski definition) is 6. The zero-order valence-electron chi connectivity index (χ0n) is 53.9. The first-order valence-corrected chi connectivity index (χ1v) is 36.2. The second kappa shape index (κ2) is 68.6. The van der Waals surface area contributed by atoms with Gasteiger partial charge in [-0.3, -0.25) is 14.4 Å². The molecule has 0 aliphatic carbocycles. The minimum atomic E-state index is -0.769. The van der Waals surface area contributed by atoms with E-state index in [1.54, 1.807) is 0 Å². The zero-order chi connectivity index (χ0) is 57.1. The summed E-state index contributed by atoms with van der Waals surface area (Å²) in [4.78, 5) is 38.3. The third-order valence-corrected chi connectivity index (χ3v) is 16.8. The van der Waals surface area contributed by atoms with Crippen molar-refractivity contribution in [2.24, 2.45) is 0 Å². The van der Waals surface area contributed by atoms with Crippen molar-refractivity contribution in [3.05, 3.63) is 12.2 Å². The molecule has 6 heteroatoms. The van der Waals surface area contributed by atoms with E-state index in [1.165, 1.54) is 308 Å². The summed E-state index contributed by atoms with van der Waals surface area (Å²) in [5, 5.41) is 0. The standard InChI is InChI=1S/C73H140O6/c1-4-7-10-13-16-19-22-24-26-28-29-30-31-32-33-34-35-36-37-38-39-40-41-42-43-44-46-47-49-51-54-57-60-63-66-72(75)78-69-70(68-77-71(74)65-62-59-56-53-21-18-15-12-9-6-3)79-73(76)67-64-61-58-55-52-50-48-45-27-25-23-20-17-14-11-8-5-2/h12,15,70H,4-11,13-14,16-69H2,1-3H3/b15-12-. The van der Waals surface area contributed by atoms with Crippen LogP contribution in [0.15, 0.2) is 12.2 Å². The van der Waals surface area contributed by atoms with Crippen molar-refractivity contribution < 1.29 is 28.6 Å². The van der Waals surface area contributed by atoms with Gasteiger partial charge in [-0.25, -0.2) is 0 Å². The number of carbonyl (C=O) groups is 3. The van der Waals surface area contributed by atoms with Crippen molar-refractivity contribution in [2.75, 3.05) is 13.2 Å². The van der Waals surface area contributed by atoms with E-state index in [9.17, 15) is 14.4 Å². The van der Waals surface area contributed by atoms with Crippen LogP contribution in [0.25, 0.3) is 0 Å². The molecule has 6 nitrogen and oxygen atoms in total. The molecule has 0 saturated carbocycles. The summed E-state index contributed by atoms with van der Waals surface area (Å²) in [6.45, 7) is 6.66. The van der Waals surface area contributed by atoms with Crippen LogP contribution in [-0.4, -0.2) is 37.2 Å². The van der Waals surface area contributed by atoms with E-state index in [1.807, 2.05) is 0 Å². The van der Waals surface area contributed by atoms with Crippen molar-refractivity contribution in [3.8, 4) is 0 Å². The second-order valence-electron chi connectivity index (χ2n) is 24.9. The maximum absolute atomic E-state index is 12.9. The molecule has 1 unspecified atom stereocenters. The van der Waals surface area contributed by atoms with Crippen LogP contribution < -0.4 is 0 Å². The predicted octanol–water partition coefficient (Wildman–Crippen LogP) is 24.8. The first-order chi connectivity index (χ1) is 39.0. The molecule has 0 fully saturated rings. The number of carbonyl (C=O) groups excluding carboxylic acids is 3. The van der Waals surface area contributed by atoms with Crippen LogP contribution in [0.2, 0.25) is 0 Å². The zero-order valence-corrected chi connectivity index (χ0v) is 53.9. The van der Waals surface area contributed by atoms with Gasteiger partial charge in [-0.05, 0) is 38.5 Å². The topological polar surface area (TPSA) is 78.9 Å². The Morgan fingerprint density at radius 1 is 0.241 bits per heavy atom. The third kappa shape index (κ3) is 66.8. The highest BCUT2D eigenvalue weighted by Gasteiger charge is 2.19. The highest BCUT2D eigenvalue weighted by Crippen LogP contribution is 2.20. The van der Waals surface area contributed by atoms with Gasteiger partial charge in [-0.2, -0.15) is 0 Å². The molecule has 0 heterocycles. The summed E-state index contributed by atoms with van der Waals surface area (Å²) in [7, 11) is 0. The Balaban J connectivity index is 3.98. The number of ether oxygens (including phenoxy) is 3. The number of hydrogen-bond donors (Lipinski definition) is 0. The van der Waals surface area contributed by atoms with Gasteiger partial charge in [-0.1, -0.05) is 373 Å². The quantitative estimate of drug-likeness (QED) is 0.0261. The molecule has 0 aromatic carbocycles. The SMILES string of the molecule is CCC/C=C\CCCCCCCC(=O)OCC(COC(=O)CCCCCCCCCCCCCCCCCCCCCCCCCCCCCCCCCCCC)OC(=O)CCCCCCCCCCCCCCCCCCC. The Morgan fingerprint density at radius 2 is 0.443 bits per heavy atom. The Labute approximate surface area is 494 Å². The van der Waals surface area contributed by atoms with E-state index in [-0.39, 0.29) is 31.1 Å². The van der Waals surface area contributed by atoms with Gasteiger partial charge < -0.3 is 14.2 Å². The minimum absolute atomic E-state index is 0.0662.